The molecule has 0 saturated carbocycles. The molecular weight excluding hydrogens is 272 g/mol. The summed E-state index contributed by atoms with van der Waals surface area (Å²) >= 11 is 0. The Morgan fingerprint density at radius 2 is 1.90 bits per heavy atom. The first kappa shape index (κ1) is 13.8. The summed E-state index contributed by atoms with van der Waals surface area (Å²) < 4.78 is 11.4. The van der Waals surface area contributed by atoms with E-state index < -0.39 is 10.8 Å². The quantitative estimate of drug-likeness (QED) is 0.900. The van der Waals surface area contributed by atoms with Gasteiger partial charge in [-0.3, -0.25) is 14.3 Å². The third-order valence-electron chi connectivity index (χ3n) is 4.17. The Hall–Kier alpha value is -1.20. The lowest BCUT2D eigenvalue weighted by molar-refractivity contribution is -0.131. The fourth-order valence-corrected chi connectivity index (χ4v) is 4.26. The maximum atomic E-state index is 12.5. The Morgan fingerprint density at radius 1 is 1.20 bits per heavy atom. The molecule has 0 spiro atoms. The van der Waals surface area contributed by atoms with Crippen molar-refractivity contribution in [2.75, 3.05) is 18.2 Å². The van der Waals surface area contributed by atoms with Gasteiger partial charge in [0.2, 0.25) is 5.91 Å². The van der Waals surface area contributed by atoms with Crippen LogP contribution < -0.4 is 5.32 Å². The molecule has 2 fully saturated rings. The van der Waals surface area contributed by atoms with Crippen LogP contribution in [0.2, 0.25) is 0 Å². The van der Waals surface area contributed by atoms with Crippen LogP contribution in [0.25, 0.3) is 0 Å². The molecule has 108 valence electrons. The molecule has 2 heterocycles. The minimum Gasteiger partial charge on any atom is -0.325 e. The lowest BCUT2D eigenvalue weighted by atomic mass is 10.0. The summed E-state index contributed by atoms with van der Waals surface area (Å²) in [5, 5.41) is 3.31. The molecule has 2 aliphatic heterocycles. The second kappa shape index (κ2) is 6.06. The Morgan fingerprint density at radius 3 is 2.60 bits per heavy atom. The normalized spacial score (nSPS) is 30.7. The van der Waals surface area contributed by atoms with E-state index in [1.807, 2.05) is 23.1 Å². The summed E-state index contributed by atoms with van der Waals surface area (Å²) in [5.74, 6) is 1.67. The fraction of sp³-hybridized carbons (Fsp3) is 0.533. The highest BCUT2D eigenvalue weighted by molar-refractivity contribution is 7.85. The van der Waals surface area contributed by atoms with E-state index in [2.05, 4.69) is 17.4 Å². The Bertz CT molecular complexity index is 496. The number of benzene rings is 1. The van der Waals surface area contributed by atoms with Gasteiger partial charge in [-0.1, -0.05) is 30.3 Å². The van der Waals surface area contributed by atoms with E-state index in [1.165, 1.54) is 5.56 Å². The van der Waals surface area contributed by atoms with E-state index >= 15 is 0 Å². The number of rotatable bonds is 3. The average molecular weight is 292 g/mol. The van der Waals surface area contributed by atoms with Gasteiger partial charge in [0.25, 0.3) is 0 Å². The monoisotopic (exact) mass is 292 g/mol. The summed E-state index contributed by atoms with van der Waals surface area (Å²) in [6, 6.07) is 10.3. The summed E-state index contributed by atoms with van der Waals surface area (Å²) in [6.07, 6.45) is 2.49. The smallest absolute Gasteiger partial charge is 0.241 e. The number of amides is 1. The molecule has 1 aromatic rings. The molecule has 2 saturated heterocycles. The molecule has 0 bridgehead atoms. The number of nitrogens with one attached hydrogen (secondary N) is 1. The molecule has 1 atom stereocenters. The zero-order valence-corrected chi connectivity index (χ0v) is 12.3. The molecule has 1 aromatic carbocycles. The van der Waals surface area contributed by atoms with Crippen molar-refractivity contribution >= 4 is 16.7 Å². The van der Waals surface area contributed by atoms with Gasteiger partial charge in [-0.2, -0.15) is 0 Å². The van der Waals surface area contributed by atoms with Crippen molar-refractivity contribution in [3.63, 3.8) is 0 Å². The Labute approximate surface area is 122 Å². The second-order valence-corrected chi connectivity index (χ2v) is 7.19. The molecule has 3 rings (SSSR count). The molecule has 20 heavy (non-hydrogen) atoms. The van der Waals surface area contributed by atoms with Gasteiger partial charge in [-0.15, -0.1) is 0 Å². The van der Waals surface area contributed by atoms with Gasteiger partial charge >= 0.3 is 0 Å². The SMILES string of the molecule is O=C1C(Cc2ccccc2)NCN1C1CCS(=O)CC1. The predicted molar refractivity (Wildman–Crippen MR) is 79.7 cm³/mol. The van der Waals surface area contributed by atoms with Crippen molar-refractivity contribution in [3.05, 3.63) is 35.9 Å². The largest absolute Gasteiger partial charge is 0.325 e. The predicted octanol–water partition coefficient (Wildman–Crippen LogP) is 0.898. The summed E-state index contributed by atoms with van der Waals surface area (Å²) in [5.41, 5.74) is 1.19. The zero-order valence-electron chi connectivity index (χ0n) is 11.5. The van der Waals surface area contributed by atoms with Gasteiger partial charge in [0.15, 0.2) is 0 Å². The first-order chi connectivity index (χ1) is 9.74. The van der Waals surface area contributed by atoms with Crippen molar-refractivity contribution in [2.24, 2.45) is 0 Å². The maximum Gasteiger partial charge on any atom is 0.241 e. The molecule has 0 aliphatic carbocycles. The van der Waals surface area contributed by atoms with Crippen LogP contribution in [0.1, 0.15) is 18.4 Å². The number of nitrogens with zero attached hydrogens (tertiary/aromatic N) is 1. The van der Waals surface area contributed by atoms with Gasteiger partial charge in [-0.05, 0) is 24.8 Å². The third kappa shape index (κ3) is 2.94. The van der Waals surface area contributed by atoms with Crippen molar-refractivity contribution in [1.82, 2.24) is 10.2 Å². The van der Waals surface area contributed by atoms with Gasteiger partial charge < -0.3 is 4.90 Å². The van der Waals surface area contributed by atoms with Crippen molar-refractivity contribution in [1.29, 1.82) is 0 Å². The molecule has 5 heteroatoms. The first-order valence-electron chi connectivity index (χ1n) is 7.17. The van der Waals surface area contributed by atoms with Crippen LogP contribution >= 0.6 is 0 Å². The minimum atomic E-state index is -0.671. The molecule has 0 aromatic heterocycles. The lowest BCUT2D eigenvalue weighted by Crippen LogP contribution is -2.42. The lowest BCUT2D eigenvalue weighted by Gasteiger charge is -2.30. The molecule has 1 amide bonds. The van der Waals surface area contributed by atoms with E-state index in [0.717, 1.165) is 30.8 Å². The summed E-state index contributed by atoms with van der Waals surface area (Å²) in [7, 11) is -0.671. The minimum absolute atomic E-state index is 0.107. The first-order valence-corrected chi connectivity index (χ1v) is 8.65. The molecule has 0 radical (unpaired) electrons. The summed E-state index contributed by atoms with van der Waals surface area (Å²) in [6.45, 7) is 0.633. The van der Waals surface area contributed by atoms with Crippen LogP contribution in [0, 0.1) is 0 Å². The van der Waals surface area contributed by atoms with Gasteiger partial charge in [0.05, 0.1) is 12.7 Å². The number of carbonyl (C=O) groups is 1. The average Bonchev–Trinajstić information content (AvgIpc) is 2.83. The van der Waals surface area contributed by atoms with E-state index in [4.69, 9.17) is 0 Å². The standard InChI is InChI=1S/C15H20N2O2S/c18-15-14(10-12-4-2-1-3-5-12)16-11-17(15)13-6-8-20(19)9-7-13/h1-5,13-14,16H,6-11H2. The zero-order chi connectivity index (χ0) is 13.9. The Balaban J connectivity index is 1.61. The van der Waals surface area contributed by atoms with Crippen LogP contribution in [0.3, 0.4) is 0 Å². The van der Waals surface area contributed by atoms with Crippen LogP contribution in [0.15, 0.2) is 30.3 Å². The van der Waals surface area contributed by atoms with E-state index in [0.29, 0.717) is 6.67 Å². The number of hydrogen-bond acceptors (Lipinski definition) is 3. The third-order valence-corrected chi connectivity index (χ3v) is 5.55. The van der Waals surface area contributed by atoms with Crippen molar-refractivity contribution in [2.45, 2.75) is 31.3 Å². The highest BCUT2D eigenvalue weighted by Crippen LogP contribution is 2.20. The van der Waals surface area contributed by atoms with Crippen LogP contribution in [-0.2, 0) is 22.0 Å². The number of hydrogen-bond donors (Lipinski definition) is 1. The maximum absolute atomic E-state index is 12.5. The Kier molecular flexibility index (Phi) is 4.17. The van der Waals surface area contributed by atoms with Gasteiger partial charge in [-0.25, -0.2) is 0 Å². The second-order valence-electron chi connectivity index (χ2n) is 5.49. The summed E-state index contributed by atoms with van der Waals surface area (Å²) in [4.78, 5) is 14.4. The van der Waals surface area contributed by atoms with E-state index in [-0.39, 0.29) is 18.0 Å². The topological polar surface area (TPSA) is 49.4 Å². The molecule has 1 unspecified atom stereocenters. The van der Waals surface area contributed by atoms with Crippen LogP contribution in [-0.4, -0.2) is 45.3 Å². The highest BCUT2D eigenvalue weighted by atomic mass is 32.2. The van der Waals surface area contributed by atoms with Gasteiger partial charge in [0, 0.05) is 28.3 Å². The highest BCUT2D eigenvalue weighted by Gasteiger charge is 2.36. The molecule has 2 aliphatic rings. The molecular formula is C15H20N2O2S. The van der Waals surface area contributed by atoms with Crippen molar-refractivity contribution < 1.29 is 9.00 Å². The van der Waals surface area contributed by atoms with Gasteiger partial charge in [0.1, 0.15) is 0 Å². The van der Waals surface area contributed by atoms with E-state index in [9.17, 15) is 9.00 Å². The molecule has 4 nitrogen and oxygen atoms in total. The van der Waals surface area contributed by atoms with Crippen LogP contribution in [0.5, 0.6) is 0 Å². The van der Waals surface area contributed by atoms with Crippen molar-refractivity contribution in [3.8, 4) is 0 Å². The number of carbonyl (C=O) groups excluding carboxylic acids is 1. The molecule has 1 N–H and O–H groups in total. The van der Waals surface area contributed by atoms with Crippen LogP contribution in [0.4, 0.5) is 0 Å². The van der Waals surface area contributed by atoms with E-state index in [1.54, 1.807) is 0 Å². The fourth-order valence-electron chi connectivity index (χ4n) is 2.99.